The number of carbonyl (C=O) groups excluding carboxylic acids is 1. The van der Waals surface area contributed by atoms with Crippen molar-refractivity contribution >= 4 is 16.9 Å². The van der Waals surface area contributed by atoms with Gasteiger partial charge in [0.1, 0.15) is 23.7 Å². The van der Waals surface area contributed by atoms with Crippen LogP contribution >= 0.6 is 0 Å². The molecule has 4 rings (SSSR count). The van der Waals surface area contributed by atoms with Crippen LogP contribution in [0.15, 0.2) is 45.6 Å². The van der Waals surface area contributed by atoms with Crippen LogP contribution in [0.3, 0.4) is 0 Å². The van der Waals surface area contributed by atoms with Gasteiger partial charge in [0.05, 0.1) is 23.8 Å². The Morgan fingerprint density at radius 2 is 2.17 bits per heavy atom. The maximum absolute atomic E-state index is 14.1. The normalized spacial score (nSPS) is 18.3. The Morgan fingerprint density at radius 1 is 1.33 bits per heavy atom. The van der Waals surface area contributed by atoms with Crippen LogP contribution in [0.4, 0.5) is 8.78 Å². The molecule has 0 saturated carbocycles. The molecular formula is C21H21F2N3O4. The molecule has 30 heavy (non-hydrogen) atoms. The summed E-state index contributed by atoms with van der Waals surface area (Å²) in [7, 11) is 0. The van der Waals surface area contributed by atoms with Crippen LogP contribution < -0.4 is 20.9 Å². The van der Waals surface area contributed by atoms with E-state index in [2.05, 4.69) is 15.6 Å². The highest BCUT2D eigenvalue weighted by Gasteiger charge is 2.42. The average molecular weight is 417 g/mol. The van der Waals surface area contributed by atoms with E-state index in [4.69, 9.17) is 9.15 Å². The van der Waals surface area contributed by atoms with E-state index in [1.807, 2.05) is 0 Å². The van der Waals surface area contributed by atoms with Crippen molar-refractivity contribution in [2.24, 2.45) is 0 Å². The standard InChI is InChI=1S/C21H21F2N3O4/c1-12-19(20(28)26-17-7-8-24-11-21(17,22)23)15-9-14(5-6-16(15)30-12)29-10-13-3-2-4-18(27)25-13/h2-6,9,17,24H,7-8,10-11H2,1H3,(H,25,27)(H,26,28). The van der Waals surface area contributed by atoms with E-state index >= 15 is 0 Å². The Balaban J connectivity index is 1.57. The van der Waals surface area contributed by atoms with Crippen molar-refractivity contribution in [1.82, 2.24) is 15.6 Å². The molecule has 1 aromatic carbocycles. The highest BCUT2D eigenvalue weighted by molar-refractivity contribution is 6.07. The largest absolute Gasteiger partial charge is 0.487 e. The lowest BCUT2D eigenvalue weighted by Crippen LogP contribution is -2.57. The molecule has 1 fully saturated rings. The van der Waals surface area contributed by atoms with Gasteiger partial charge in [0.2, 0.25) is 5.56 Å². The lowest BCUT2D eigenvalue weighted by atomic mass is 10.0. The summed E-state index contributed by atoms with van der Waals surface area (Å²) in [5.74, 6) is -2.84. The van der Waals surface area contributed by atoms with Crippen LogP contribution in [0.1, 0.15) is 28.2 Å². The first-order valence-electron chi connectivity index (χ1n) is 9.57. The van der Waals surface area contributed by atoms with Gasteiger partial charge < -0.3 is 24.8 Å². The fraction of sp³-hybridized carbons (Fsp3) is 0.333. The molecule has 7 nitrogen and oxygen atoms in total. The molecule has 1 saturated heterocycles. The SMILES string of the molecule is Cc1oc2ccc(OCc3cccc(=O)[nH]3)cc2c1C(=O)NC1CCNCC1(F)F. The first-order valence-corrected chi connectivity index (χ1v) is 9.57. The molecule has 0 radical (unpaired) electrons. The number of benzene rings is 1. The molecule has 0 spiro atoms. The minimum atomic E-state index is -3.03. The Hall–Kier alpha value is -3.20. The summed E-state index contributed by atoms with van der Waals surface area (Å²) in [6.45, 7) is 1.68. The third-order valence-electron chi connectivity index (χ3n) is 5.07. The number of fused-ring (bicyclic) bond motifs is 1. The summed E-state index contributed by atoms with van der Waals surface area (Å²) < 4.78 is 39.5. The second-order valence-corrected chi connectivity index (χ2v) is 7.27. The van der Waals surface area contributed by atoms with Gasteiger partial charge in [-0.2, -0.15) is 0 Å². The maximum Gasteiger partial charge on any atom is 0.280 e. The first kappa shape index (κ1) is 20.1. The number of aryl methyl sites for hydroxylation is 1. The number of amides is 1. The van der Waals surface area contributed by atoms with Gasteiger partial charge in [0.15, 0.2) is 0 Å². The molecule has 1 amide bonds. The maximum atomic E-state index is 14.1. The minimum Gasteiger partial charge on any atom is -0.487 e. The van der Waals surface area contributed by atoms with Gasteiger partial charge in [-0.1, -0.05) is 6.07 Å². The summed E-state index contributed by atoms with van der Waals surface area (Å²) in [4.78, 5) is 26.9. The number of hydrogen-bond donors (Lipinski definition) is 3. The van der Waals surface area contributed by atoms with Gasteiger partial charge in [0.25, 0.3) is 11.8 Å². The van der Waals surface area contributed by atoms with Gasteiger partial charge in [-0.3, -0.25) is 9.59 Å². The predicted octanol–water partition coefficient (Wildman–Crippen LogP) is 2.74. The van der Waals surface area contributed by atoms with Crippen LogP contribution in [-0.4, -0.2) is 35.9 Å². The van der Waals surface area contributed by atoms with E-state index in [0.717, 1.165) is 0 Å². The number of piperidine rings is 1. The first-order chi connectivity index (χ1) is 14.3. The van der Waals surface area contributed by atoms with Gasteiger partial charge in [-0.15, -0.1) is 0 Å². The summed E-state index contributed by atoms with van der Waals surface area (Å²) in [5.41, 5.74) is 1.02. The van der Waals surface area contributed by atoms with Crippen LogP contribution in [0, 0.1) is 6.92 Å². The summed E-state index contributed by atoms with van der Waals surface area (Å²) in [6, 6.07) is 8.46. The number of pyridine rings is 1. The number of furan rings is 1. The number of carbonyl (C=O) groups is 1. The average Bonchev–Trinajstić information content (AvgIpc) is 3.03. The molecule has 2 aromatic heterocycles. The monoisotopic (exact) mass is 417 g/mol. The zero-order chi connectivity index (χ0) is 21.3. The summed E-state index contributed by atoms with van der Waals surface area (Å²) >= 11 is 0. The molecule has 3 heterocycles. The number of ether oxygens (including phenoxy) is 1. The molecule has 1 aliphatic rings. The van der Waals surface area contributed by atoms with Crippen LogP contribution in [0.5, 0.6) is 5.75 Å². The van der Waals surface area contributed by atoms with Gasteiger partial charge in [-0.25, -0.2) is 8.78 Å². The zero-order valence-corrected chi connectivity index (χ0v) is 16.3. The van der Waals surface area contributed by atoms with Crippen molar-refractivity contribution < 1.29 is 22.7 Å². The fourth-order valence-corrected chi connectivity index (χ4v) is 3.55. The Bertz CT molecular complexity index is 1140. The molecule has 158 valence electrons. The van der Waals surface area contributed by atoms with Crippen molar-refractivity contribution in [3.05, 3.63) is 63.8 Å². The smallest absolute Gasteiger partial charge is 0.280 e. The van der Waals surface area contributed by atoms with Crippen LogP contribution in [-0.2, 0) is 6.61 Å². The Kier molecular flexibility index (Phi) is 5.29. The van der Waals surface area contributed by atoms with Crippen LogP contribution in [0.25, 0.3) is 11.0 Å². The quantitative estimate of drug-likeness (QED) is 0.593. The fourth-order valence-electron chi connectivity index (χ4n) is 3.55. The van der Waals surface area contributed by atoms with E-state index in [-0.39, 0.29) is 24.2 Å². The lowest BCUT2D eigenvalue weighted by Gasteiger charge is -2.32. The molecule has 9 heteroatoms. The second kappa shape index (κ2) is 7.91. The van der Waals surface area contributed by atoms with Gasteiger partial charge >= 0.3 is 0 Å². The highest BCUT2D eigenvalue weighted by atomic mass is 19.3. The number of hydrogen-bond acceptors (Lipinski definition) is 5. The van der Waals surface area contributed by atoms with Crippen molar-refractivity contribution in [3.8, 4) is 5.75 Å². The summed E-state index contributed by atoms with van der Waals surface area (Å²) in [6.07, 6.45) is 0.136. The number of aromatic nitrogens is 1. The molecular weight excluding hydrogens is 396 g/mol. The van der Waals surface area contributed by atoms with E-state index < -0.39 is 24.4 Å². The van der Waals surface area contributed by atoms with E-state index in [0.29, 0.717) is 34.7 Å². The molecule has 1 aliphatic heterocycles. The Labute approximate surface area is 170 Å². The molecule has 3 aromatic rings. The number of alkyl halides is 2. The molecule has 0 bridgehead atoms. The third kappa shape index (κ3) is 4.06. The molecule has 3 N–H and O–H groups in total. The van der Waals surface area contributed by atoms with Crippen molar-refractivity contribution in [3.63, 3.8) is 0 Å². The van der Waals surface area contributed by atoms with Crippen molar-refractivity contribution in [2.75, 3.05) is 13.1 Å². The van der Waals surface area contributed by atoms with Gasteiger partial charge in [-0.05, 0) is 44.2 Å². The molecule has 1 atom stereocenters. The van der Waals surface area contributed by atoms with E-state index in [1.54, 1.807) is 37.3 Å². The highest BCUT2D eigenvalue weighted by Crippen LogP contribution is 2.30. The number of rotatable bonds is 5. The van der Waals surface area contributed by atoms with E-state index in [9.17, 15) is 18.4 Å². The lowest BCUT2D eigenvalue weighted by molar-refractivity contribution is -0.0487. The topological polar surface area (TPSA) is 96.4 Å². The minimum absolute atomic E-state index is 0.126. The molecule has 0 aliphatic carbocycles. The van der Waals surface area contributed by atoms with Crippen LogP contribution in [0.2, 0.25) is 0 Å². The van der Waals surface area contributed by atoms with Gasteiger partial charge in [0, 0.05) is 11.5 Å². The number of nitrogens with one attached hydrogen (secondary N) is 3. The van der Waals surface area contributed by atoms with Crippen molar-refractivity contribution in [1.29, 1.82) is 0 Å². The zero-order valence-electron chi connectivity index (χ0n) is 16.3. The second-order valence-electron chi connectivity index (χ2n) is 7.27. The predicted molar refractivity (Wildman–Crippen MR) is 106 cm³/mol. The third-order valence-corrected chi connectivity index (χ3v) is 5.07. The summed E-state index contributed by atoms with van der Waals surface area (Å²) in [5, 5.41) is 5.57. The Morgan fingerprint density at radius 3 is 2.93 bits per heavy atom. The number of aromatic amines is 1. The van der Waals surface area contributed by atoms with E-state index in [1.165, 1.54) is 6.07 Å². The van der Waals surface area contributed by atoms with Crippen molar-refractivity contribution in [2.45, 2.75) is 31.9 Å². The number of H-pyrrole nitrogens is 1. The molecule has 1 unspecified atom stereocenters. The number of halogens is 2.